The molecule has 6 heteroatoms. The molecule has 0 heterocycles. The average Bonchev–Trinajstić information content (AvgIpc) is 3.22. The van der Waals surface area contributed by atoms with Crippen molar-refractivity contribution in [1.29, 1.82) is 0 Å². The van der Waals surface area contributed by atoms with Crippen molar-refractivity contribution in [3.63, 3.8) is 0 Å². The lowest BCUT2D eigenvalue weighted by molar-refractivity contribution is 0.355. The molecule has 0 spiro atoms. The number of halogens is 1. The largest absolute Gasteiger partial charge is 0.493 e. The number of aliphatic imine (C=N–C) groups is 1. The zero-order chi connectivity index (χ0) is 18.1. The number of hydrogen-bond donors (Lipinski definition) is 2. The Labute approximate surface area is 177 Å². The molecule has 2 N–H and O–H groups in total. The van der Waals surface area contributed by atoms with Crippen LogP contribution in [0.2, 0.25) is 0 Å². The van der Waals surface area contributed by atoms with E-state index in [1.807, 2.05) is 18.2 Å². The van der Waals surface area contributed by atoms with E-state index in [-0.39, 0.29) is 24.0 Å². The van der Waals surface area contributed by atoms with Crippen LogP contribution in [-0.2, 0) is 6.42 Å². The summed E-state index contributed by atoms with van der Waals surface area (Å²) in [5.74, 6) is 4.40. The Kier molecular flexibility index (Phi) is 6.14. The molecule has 3 atom stereocenters. The van der Waals surface area contributed by atoms with Crippen molar-refractivity contribution < 1.29 is 9.47 Å². The van der Waals surface area contributed by atoms with Gasteiger partial charge in [-0.1, -0.05) is 24.3 Å². The molecule has 4 rings (SSSR count). The number of fused-ring (bicyclic) bond motifs is 3. The van der Waals surface area contributed by atoms with Crippen LogP contribution in [0, 0.1) is 11.8 Å². The third kappa shape index (κ3) is 3.85. The van der Waals surface area contributed by atoms with Gasteiger partial charge in [0.15, 0.2) is 17.5 Å². The molecule has 2 aromatic rings. The maximum atomic E-state index is 5.36. The topological polar surface area (TPSA) is 54.9 Å². The Morgan fingerprint density at radius 3 is 2.63 bits per heavy atom. The second-order valence-electron chi connectivity index (χ2n) is 6.90. The molecule has 0 saturated heterocycles. The zero-order valence-corrected chi connectivity index (χ0v) is 18.2. The molecule has 144 valence electrons. The predicted octanol–water partition coefficient (Wildman–Crippen LogP) is 3.90. The number of methoxy groups -OCH3 is 2. The molecule has 3 unspecified atom stereocenters. The molecule has 0 aliphatic heterocycles. The van der Waals surface area contributed by atoms with Crippen molar-refractivity contribution in [1.82, 2.24) is 5.32 Å². The van der Waals surface area contributed by atoms with Gasteiger partial charge in [0.25, 0.3) is 0 Å². The average molecular weight is 479 g/mol. The number of nitrogens with zero attached hydrogens (tertiary/aromatic N) is 1. The van der Waals surface area contributed by atoms with Crippen LogP contribution in [-0.4, -0.2) is 33.8 Å². The molecule has 27 heavy (non-hydrogen) atoms. The normalized spacial score (nSPS) is 22.2. The number of benzene rings is 2. The maximum Gasteiger partial charge on any atom is 0.195 e. The zero-order valence-electron chi connectivity index (χ0n) is 15.9. The van der Waals surface area contributed by atoms with Gasteiger partial charge in [0.2, 0.25) is 0 Å². The van der Waals surface area contributed by atoms with Crippen LogP contribution < -0.4 is 20.1 Å². The first-order chi connectivity index (χ1) is 12.7. The fourth-order valence-electron chi connectivity index (χ4n) is 4.21. The summed E-state index contributed by atoms with van der Waals surface area (Å²) in [7, 11) is 5.06. The first-order valence-corrected chi connectivity index (χ1v) is 9.02. The molecule has 2 aliphatic carbocycles. The van der Waals surface area contributed by atoms with E-state index in [0.29, 0.717) is 17.4 Å². The Morgan fingerprint density at radius 2 is 1.89 bits per heavy atom. The molecule has 2 aliphatic rings. The van der Waals surface area contributed by atoms with Crippen molar-refractivity contribution >= 4 is 35.6 Å². The molecular formula is C21H26IN3O2. The van der Waals surface area contributed by atoms with E-state index in [2.05, 4.69) is 39.9 Å². The molecule has 1 saturated carbocycles. The van der Waals surface area contributed by atoms with Gasteiger partial charge < -0.3 is 20.1 Å². The highest BCUT2D eigenvalue weighted by molar-refractivity contribution is 14.0. The fraction of sp³-hybridized carbons (Fsp3) is 0.381. The summed E-state index contributed by atoms with van der Waals surface area (Å²) < 4.78 is 10.6. The Balaban J connectivity index is 0.00000210. The molecular weight excluding hydrogens is 453 g/mol. The minimum atomic E-state index is 0. The smallest absolute Gasteiger partial charge is 0.195 e. The van der Waals surface area contributed by atoms with Crippen molar-refractivity contribution in [3.05, 3.63) is 53.6 Å². The summed E-state index contributed by atoms with van der Waals surface area (Å²) in [4.78, 5) is 4.34. The predicted molar refractivity (Wildman–Crippen MR) is 120 cm³/mol. The van der Waals surface area contributed by atoms with Gasteiger partial charge in [0.1, 0.15) is 0 Å². The van der Waals surface area contributed by atoms with Crippen molar-refractivity contribution in [2.45, 2.75) is 12.3 Å². The maximum absolute atomic E-state index is 5.36. The summed E-state index contributed by atoms with van der Waals surface area (Å²) in [5.41, 5.74) is 4.00. The lowest BCUT2D eigenvalue weighted by atomic mass is 10.0. The summed E-state index contributed by atoms with van der Waals surface area (Å²) in [5, 5.41) is 6.80. The molecule has 2 aromatic carbocycles. The lowest BCUT2D eigenvalue weighted by Gasteiger charge is -2.15. The number of ether oxygens (including phenoxy) is 2. The third-order valence-corrected chi connectivity index (χ3v) is 5.58. The van der Waals surface area contributed by atoms with Gasteiger partial charge in [-0.2, -0.15) is 0 Å². The monoisotopic (exact) mass is 479 g/mol. The Bertz CT molecular complexity index is 840. The van der Waals surface area contributed by atoms with Crippen LogP contribution in [0.3, 0.4) is 0 Å². The van der Waals surface area contributed by atoms with Gasteiger partial charge in [-0.15, -0.1) is 24.0 Å². The van der Waals surface area contributed by atoms with Crippen molar-refractivity contribution in [2.24, 2.45) is 16.8 Å². The van der Waals surface area contributed by atoms with Gasteiger partial charge in [0, 0.05) is 25.3 Å². The van der Waals surface area contributed by atoms with E-state index in [1.54, 1.807) is 26.8 Å². The number of hydrogen-bond acceptors (Lipinski definition) is 3. The van der Waals surface area contributed by atoms with Gasteiger partial charge in [-0.3, -0.25) is 4.99 Å². The number of guanidine groups is 1. The SMILES string of the molecule is CN=C(NCC1C2Cc3ccccc3C12)Nc1ccc(OC)c(OC)c1.I. The summed E-state index contributed by atoms with van der Waals surface area (Å²) in [6.45, 7) is 0.941. The quantitative estimate of drug-likeness (QED) is 0.388. The Morgan fingerprint density at radius 1 is 1.11 bits per heavy atom. The minimum absolute atomic E-state index is 0. The number of anilines is 1. The molecule has 5 nitrogen and oxygen atoms in total. The second kappa shape index (κ2) is 8.37. The van der Waals surface area contributed by atoms with Crippen LogP contribution in [0.4, 0.5) is 5.69 Å². The number of nitrogens with one attached hydrogen (secondary N) is 2. The molecule has 0 radical (unpaired) electrons. The van der Waals surface area contributed by atoms with Gasteiger partial charge >= 0.3 is 0 Å². The summed E-state index contributed by atoms with van der Waals surface area (Å²) >= 11 is 0. The Hall–Kier alpha value is -1.96. The van der Waals surface area contributed by atoms with Crippen LogP contribution in [0.15, 0.2) is 47.5 Å². The molecule has 0 bridgehead atoms. The van der Waals surface area contributed by atoms with Gasteiger partial charge in [-0.25, -0.2) is 0 Å². The van der Waals surface area contributed by atoms with E-state index < -0.39 is 0 Å². The highest BCUT2D eigenvalue weighted by Gasteiger charge is 2.54. The van der Waals surface area contributed by atoms with Crippen molar-refractivity contribution in [2.75, 3.05) is 33.1 Å². The first kappa shape index (κ1) is 19.8. The van der Waals surface area contributed by atoms with Crippen LogP contribution in [0.25, 0.3) is 0 Å². The highest BCUT2D eigenvalue weighted by atomic mass is 127. The lowest BCUT2D eigenvalue weighted by Crippen LogP contribution is -2.33. The van der Waals surface area contributed by atoms with Crippen LogP contribution in [0.5, 0.6) is 11.5 Å². The molecule has 0 aromatic heterocycles. The van der Waals surface area contributed by atoms with E-state index in [4.69, 9.17) is 9.47 Å². The molecule has 1 fully saturated rings. The highest BCUT2D eigenvalue weighted by Crippen LogP contribution is 2.60. The molecule has 0 amide bonds. The number of rotatable bonds is 5. The third-order valence-electron chi connectivity index (χ3n) is 5.58. The van der Waals surface area contributed by atoms with Crippen LogP contribution >= 0.6 is 24.0 Å². The van der Waals surface area contributed by atoms with E-state index in [9.17, 15) is 0 Å². The fourth-order valence-corrected chi connectivity index (χ4v) is 4.21. The minimum Gasteiger partial charge on any atom is -0.493 e. The summed E-state index contributed by atoms with van der Waals surface area (Å²) in [6.07, 6.45) is 1.22. The van der Waals surface area contributed by atoms with Crippen LogP contribution in [0.1, 0.15) is 17.0 Å². The standard InChI is InChI=1S/C21H25N3O2.HI/c1-22-21(24-14-8-9-18(25-2)19(11-14)26-3)23-12-17-16-10-13-6-4-5-7-15(13)20(16)17;/h4-9,11,16-17,20H,10,12H2,1-3H3,(H2,22,23,24);1H. The summed E-state index contributed by atoms with van der Waals surface area (Å²) in [6, 6.07) is 14.6. The second-order valence-corrected chi connectivity index (χ2v) is 6.90. The van der Waals surface area contributed by atoms with E-state index >= 15 is 0 Å². The van der Waals surface area contributed by atoms with Gasteiger partial charge in [-0.05, 0) is 47.4 Å². The van der Waals surface area contributed by atoms with E-state index in [0.717, 1.165) is 30.0 Å². The first-order valence-electron chi connectivity index (χ1n) is 9.02. The van der Waals surface area contributed by atoms with E-state index in [1.165, 1.54) is 12.0 Å². The van der Waals surface area contributed by atoms with Gasteiger partial charge in [0.05, 0.1) is 14.2 Å². The van der Waals surface area contributed by atoms with Crippen molar-refractivity contribution in [3.8, 4) is 11.5 Å².